The summed E-state index contributed by atoms with van der Waals surface area (Å²) in [6, 6.07) is 12.3. The highest BCUT2D eigenvalue weighted by molar-refractivity contribution is 5.99. The summed E-state index contributed by atoms with van der Waals surface area (Å²) in [5.41, 5.74) is 8.52. The highest BCUT2D eigenvalue weighted by Crippen LogP contribution is 2.33. The maximum absolute atomic E-state index is 4.61. The molecule has 0 spiro atoms. The monoisotopic (exact) mass is 446 g/mol. The average Bonchev–Trinajstić information content (AvgIpc) is 3.48. The first-order valence-corrected chi connectivity index (χ1v) is 11.0. The van der Waals surface area contributed by atoms with E-state index in [2.05, 4.69) is 58.2 Å². The molecule has 6 rings (SSSR count). The van der Waals surface area contributed by atoms with Gasteiger partial charge in [-0.3, -0.25) is 20.1 Å². The molecule has 6 aromatic heterocycles. The molecule has 0 amide bonds. The molecule has 0 aliphatic rings. The minimum Gasteiger partial charge on any atom is -0.353 e. The number of H-pyrrole nitrogens is 2. The number of fused-ring (bicyclic) bond motifs is 2. The van der Waals surface area contributed by atoms with Crippen LogP contribution >= 0.6 is 0 Å². The zero-order valence-electron chi connectivity index (χ0n) is 18.8. The fourth-order valence-corrected chi connectivity index (χ4v) is 4.28. The maximum Gasteiger partial charge on any atom is 0.181 e. The van der Waals surface area contributed by atoms with Crippen molar-refractivity contribution in [3.05, 3.63) is 79.1 Å². The summed E-state index contributed by atoms with van der Waals surface area (Å²) in [4.78, 5) is 23.5. The van der Waals surface area contributed by atoms with Gasteiger partial charge in [0.15, 0.2) is 5.65 Å². The Morgan fingerprint density at radius 1 is 0.824 bits per heavy atom. The summed E-state index contributed by atoms with van der Waals surface area (Å²) in [5.74, 6) is 0. The van der Waals surface area contributed by atoms with Crippen molar-refractivity contribution in [1.29, 1.82) is 0 Å². The van der Waals surface area contributed by atoms with E-state index in [9.17, 15) is 0 Å². The largest absolute Gasteiger partial charge is 0.353 e. The third-order valence-electron chi connectivity index (χ3n) is 5.79. The zero-order valence-corrected chi connectivity index (χ0v) is 18.8. The topological polar surface area (TPSA) is 99.3 Å². The Morgan fingerprint density at radius 2 is 1.71 bits per heavy atom. The smallest absolute Gasteiger partial charge is 0.181 e. The van der Waals surface area contributed by atoms with Crippen LogP contribution in [-0.4, -0.2) is 54.1 Å². The maximum atomic E-state index is 4.61. The van der Waals surface area contributed by atoms with E-state index in [4.69, 9.17) is 0 Å². The molecule has 0 aromatic carbocycles. The van der Waals surface area contributed by atoms with Gasteiger partial charge < -0.3 is 9.88 Å². The number of aromatic nitrogens is 7. The predicted octanol–water partition coefficient (Wildman–Crippen LogP) is 4.69. The molecule has 166 valence electrons. The van der Waals surface area contributed by atoms with E-state index in [1.165, 1.54) is 0 Å². The van der Waals surface area contributed by atoms with Gasteiger partial charge in [-0.2, -0.15) is 5.10 Å². The second kappa shape index (κ2) is 8.17. The van der Waals surface area contributed by atoms with Crippen LogP contribution in [0.2, 0.25) is 0 Å². The van der Waals surface area contributed by atoms with Crippen molar-refractivity contribution in [1.82, 2.24) is 40.0 Å². The molecule has 2 N–H and O–H groups in total. The van der Waals surface area contributed by atoms with Crippen LogP contribution in [0.25, 0.3) is 55.7 Å². The van der Waals surface area contributed by atoms with Crippen LogP contribution in [0.5, 0.6) is 0 Å². The summed E-state index contributed by atoms with van der Waals surface area (Å²) in [7, 11) is 4.10. The average molecular weight is 447 g/mol. The first-order chi connectivity index (χ1) is 16.7. The SMILES string of the molecule is CN(C)Cc1cncc(-c2cnc3n[nH]c(-c4cc5c(-c6cccnc6)nccc5[nH]4)c3c2)c1. The van der Waals surface area contributed by atoms with E-state index in [1.54, 1.807) is 6.20 Å². The number of nitrogens with zero attached hydrogens (tertiary/aromatic N) is 6. The summed E-state index contributed by atoms with van der Waals surface area (Å²) >= 11 is 0. The Morgan fingerprint density at radius 3 is 2.56 bits per heavy atom. The number of hydrogen-bond acceptors (Lipinski definition) is 6. The molecule has 0 saturated heterocycles. The fourth-order valence-electron chi connectivity index (χ4n) is 4.28. The van der Waals surface area contributed by atoms with Gasteiger partial charge in [0.2, 0.25) is 0 Å². The number of nitrogens with one attached hydrogen (secondary N) is 2. The first-order valence-electron chi connectivity index (χ1n) is 11.0. The van der Waals surface area contributed by atoms with Crippen molar-refractivity contribution in [2.75, 3.05) is 14.1 Å². The lowest BCUT2D eigenvalue weighted by molar-refractivity contribution is 0.402. The van der Waals surface area contributed by atoms with E-state index < -0.39 is 0 Å². The number of aromatic amines is 2. The molecule has 0 fully saturated rings. The van der Waals surface area contributed by atoms with Gasteiger partial charge in [0.25, 0.3) is 0 Å². The third kappa shape index (κ3) is 3.60. The van der Waals surface area contributed by atoms with Gasteiger partial charge in [-0.05, 0) is 56.1 Å². The van der Waals surface area contributed by atoms with E-state index in [1.807, 2.05) is 63.3 Å². The molecule has 6 aromatic rings. The molecular formula is C26H22N8. The minimum atomic E-state index is 0.667. The minimum absolute atomic E-state index is 0.667. The van der Waals surface area contributed by atoms with E-state index in [-0.39, 0.29) is 0 Å². The van der Waals surface area contributed by atoms with Crippen molar-refractivity contribution >= 4 is 21.9 Å². The van der Waals surface area contributed by atoms with Crippen molar-refractivity contribution in [3.8, 4) is 33.8 Å². The van der Waals surface area contributed by atoms with Crippen LogP contribution in [0.1, 0.15) is 5.56 Å². The molecule has 0 radical (unpaired) electrons. The Bertz CT molecular complexity index is 1610. The van der Waals surface area contributed by atoms with Crippen LogP contribution in [0.4, 0.5) is 0 Å². The fraction of sp³-hybridized carbons (Fsp3) is 0.115. The van der Waals surface area contributed by atoms with Gasteiger partial charge in [0.05, 0.1) is 17.1 Å². The molecular weight excluding hydrogens is 424 g/mol. The van der Waals surface area contributed by atoms with Gasteiger partial charge in [0, 0.05) is 76.7 Å². The Balaban J connectivity index is 1.45. The van der Waals surface area contributed by atoms with Gasteiger partial charge in [0.1, 0.15) is 0 Å². The summed E-state index contributed by atoms with van der Waals surface area (Å²) < 4.78 is 0. The molecule has 0 aliphatic carbocycles. The first kappa shape index (κ1) is 20.2. The van der Waals surface area contributed by atoms with E-state index in [0.29, 0.717) is 5.65 Å². The molecule has 8 nitrogen and oxygen atoms in total. The van der Waals surface area contributed by atoms with E-state index in [0.717, 1.165) is 62.2 Å². The highest BCUT2D eigenvalue weighted by Gasteiger charge is 2.15. The van der Waals surface area contributed by atoms with Gasteiger partial charge in [-0.25, -0.2) is 4.98 Å². The molecule has 0 aliphatic heterocycles. The number of rotatable bonds is 5. The Hall–Kier alpha value is -4.43. The molecule has 34 heavy (non-hydrogen) atoms. The summed E-state index contributed by atoms with van der Waals surface area (Å²) in [6.07, 6.45) is 11.0. The lowest BCUT2D eigenvalue weighted by Gasteiger charge is -2.10. The normalized spacial score (nSPS) is 11.6. The lowest BCUT2D eigenvalue weighted by atomic mass is 10.1. The quantitative estimate of drug-likeness (QED) is 0.399. The van der Waals surface area contributed by atoms with Crippen LogP contribution in [-0.2, 0) is 6.54 Å². The van der Waals surface area contributed by atoms with E-state index >= 15 is 0 Å². The standard InChI is InChI=1S/C26H22N8/c1-34(2)15-16-8-18(13-28-11-16)19-9-21-25(32-33-26(21)30-14-19)23-10-20-22(31-23)5-7-29-24(20)17-4-3-6-27-12-17/h3-14,31H,15H2,1-2H3,(H,30,32,33). The molecule has 0 bridgehead atoms. The van der Waals surface area contributed by atoms with Crippen molar-refractivity contribution in [2.24, 2.45) is 0 Å². The summed E-state index contributed by atoms with van der Waals surface area (Å²) in [5, 5.41) is 9.57. The van der Waals surface area contributed by atoms with Crippen molar-refractivity contribution < 1.29 is 0 Å². The second-order valence-corrected chi connectivity index (χ2v) is 8.56. The number of pyridine rings is 4. The third-order valence-corrected chi connectivity index (χ3v) is 5.79. The molecule has 6 heterocycles. The summed E-state index contributed by atoms with van der Waals surface area (Å²) in [6.45, 7) is 0.829. The van der Waals surface area contributed by atoms with Gasteiger partial charge >= 0.3 is 0 Å². The Kier molecular flexibility index (Phi) is 4.85. The van der Waals surface area contributed by atoms with Crippen LogP contribution < -0.4 is 0 Å². The molecule has 0 unspecified atom stereocenters. The zero-order chi connectivity index (χ0) is 23.1. The van der Waals surface area contributed by atoms with Crippen molar-refractivity contribution in [2.45, 2.75) is 6.54 Å². The molecule has 0 saturated carbocycles. The second-order valence-electron chi connectivity index (χ2n) is 8.56. The molecule has 0 atom stereocenters. The van der Waals surface area contributed by atoms with Crippen LogP contribution in [0, 0.1) is 0 Å². The Labute approximate surface area is 195 Å². The van der Waals surface area contributed by atoms with Crippen LogP contribution in [0.15, 0.2) is 73.6 Å². The highest BCUT2D eigenvalue weighted by atomic mass is 15.2. The predicted molar refractivity (Wildman–Crippen MR) is 133 cm³/mol. The van der Waals surface area contributed by atoms with Crippen molar-refractivity contribution in [3.63, 3.8) is 0 Å². The van der Waals surface area contributed by atoms with Crippen LogP contribution in [0.3, 0.4) is 0 Å². The van der Waals surface area contributed by atoms with Gasteiger partial charge in [-0.15, -0.1) is 0 Å². The van der Waals surface area contributed by atoms with Gasteiger partial charge in [-0.1, -0.05) is 0 Å². The lowest BCUT2D eigenvalue weighted by Crippen LogP contribution is -2.10. The number of hydrogen-bond donors (Lipinski definition) is 2. The molecule has 8 heteroatoms.